The van der Waals surface area contributed by atoms with Crippen molar-refractivity contribution in [3.63, 3.8) is 0 Å². The van der Waals surface area contributed by atoms with E-state index in [4.69, 9.17) is 4.98 Å². The Balaban J connectivity index is 0.00000133. The van der Waals surface area contributed by atoms with E-state index in [2.05, 4.69) is 53.3 Å². The summed E-state index contributed by atoms with van der Waals surface area (Å²) < 4.78 is 4.35. The number of fused-ring (bicyclic) bond motifs is 1. The van der Waals surface area contributed by atoms with Crippen molar-refractivity contribution in [1.82, 2.24) is 4.98 Å². The largest absolute Gasteiger partial charge is 1.00 e. The highest BCUT2D eigenvalue weighted by Crippen LogP contribution is 2.30. The van der Waals surface area contributed by atoms with Gasteiger partial charge in [-0.25, -0.2) is 9.55 Å². The van der Waals surface area contributed by atoms with Crippen molar-refractivity contribution < 1.29 is 28.5 Å². The second-order valence-corrected chi connectivity index (χ2v) is 6.34. The van der Waals surface area contributed by atoms with Crippen LogP contribution in [0.4, 0.5) is 0 Å². The number of benzene rings is 1. The van der Waals surface area contributed by atoms with Gasteiger partial charge in [-0.15, -0.1) is 11.3 Å². The molecular weight excluding hydrogens is 435 g/mol. The number of thiazole rings is 1. The van der Waals surface area contributed by atoms with Gasteiger partial charge in [0, 0.05) is 0 Å². The van der Waals surface area contributed by atoms with Crippen LogP contribution < -0.4 is 28.5 Å². The summed E-state index contributed by atoms with van der Waals surface area (Å²) in [5.41, 5.74) is 3.49. The van der Waals surface area contributed by atoms with Crippen LogP contribution in [0.25, 0.3) is 20.8 Å². The summed E-state index contributed by atoms with van der Waals surface area (Å²) in [6.45, 7) is 2.11. The molecule has 0 bridgehead atoms. The molecule has 3 aromatic rings. The predicted molar refractivity (Wildman–Crippen MR) is 78.7 cm³/mol. The van der Waals surface area contributed by atoms with Crippen molar-refractivity contribution in [2.45, 2.75) is 6.92 Å². The molecule has 19 heavy (non-hydrogen) atoms. The van der Waals surface area contributed by atoms with E-state index in [1.807, 2.05) is 17.8 Å². The van der Waals surface area contributed by atoms with E-state index in [1.54, 1.807) is 11.3 Å². The molecule has 0 fully saturated rings. The minimum absolute atomic E-state index is 0. The van der Waals surface area contributed by atoms with E-state index < -0.39 is 0 Å². The topological polar surface area (TPSA) is 16.8 Å². The van der Waals surface area contributed by atoms with Crippen LogP contribution in [0.1, 0.15) is 5.56 Å². The molecule has 3 rings (SSSR count). The Hall–Kier alpha value is -0.530. The maximum Gasteiger partial charge on any atom is 0.182 e. The number of nitrogens with zero attached hydrogens (tertiary/aromatic N) is 2. The highest BCUT2D eigenvalue weighted by atomic mass is 127. The lowest BCUT2D eigenvalue weighted by Crippen LogP contribution is -3.00. The van der Waals surface area contributed by atoms with Crippen LogP contribution in [0.3, 0.4) is 0 Å². The maximum absolute atomic E-state index is 4.69. The standard InChI is InChI=1S/C14H12BrN2S.HI/c1-9-3-4-12-13(5-9)18-14(16-12)10-6-11(15)8-17(2)7-10;/h3-8H,1-2H3;1H/q+1;/p-1. The zero-order chi connectivity index (χ0) is 12.7. The second-order valence-electron chi connectivity index (χ2n) is 4.40. The molecule has 0 N–H and O–H groups in total. The van der Waals surface area contributed by atoms with Crippen molar-refractivity contribution >= 4 is 37.5 Å². The number of rotatable bonds is 1. The summed E-state index contributed by atoms with van der Waals surface area (Å²) in [4.78, 5) is 4.69. The molecule has 0 aliphatic rings. The van der Waals surface area contributed by atoms with E-state index in [0.717, 1.165) is 20.6 Å². The van der Waals surface area contributed by atoms with E-state index >= 15 is 0 Å². The lowest BCUT2D eigenvalue weighted by molar-refractivity contribution is -0.671. The first-order valence-corrected chi connectivity index (χ1v) is 7.26. The molecule has 2 heterocycles. The quantitative estimate of drug-likeness (QED) is 0.400. The van der Waals surface area contributed by atoms with E-state index in [9.17, 15) is 0 Å². The molecule has 0 aliphatic carbocycles. The fraction of sp³-hybridized carbons (Fsp3) is 0.143. The Morgan fingerprint density at radius 2 is 2.00 bits per heavy atom. The minimum Gasteiger partial charge on any atom is -1.00 e. The smallest absolute Gasteiger partial charge is 0.182 e. The van der Waals surface area contributed by atoms with Crippen LogP contribution in [-0.4, -0.2) is 4.98 Å². The van der Waals surface area contributed by atoms with Crippen LogP contribution in [0.5, 0.6) is 0 Å². The van der Waals surface area contributed by atoms with E-state index in [0.29, 0.717) is 0 Å². The van der Waals surface area contributed by atoms with E-state index in [1.165, 1.54) is 10.3 Å². The number of aromatic nitrogens is 2. The lowest BCUT2D eigenvalue weighted by atomic mass is 10.2. The van der Waals surface area contributed by atoms with Crippen molar-refractivity contribution in [3.8, 4) is 10.6 Å². The first-order valence-electron chi connectivity index (χ1n) is 5.65. The van der Waals surface area contributed by atoms with Crippen molar-refractivity contribution in [1.29, 1.82) is 0 Å². The molecule has 5 heteroatoms. The average molecular weight is 447 g/mol. The van der Waals surface area contributed by atoms with Gasteiger partial charge < -0.3 is 24.0 Å². The van der Waals surface area contributed by atoms with Gasteiger partial charge in [0.05, 0.1) is 20.3 Å². The number of halogens is 2. The van der Waals surface area contributed by atoms with Gasteiger partial charge in [-0.2, -0.15) is 0 Å². The van der Waals surface area contributed by atoms with Gasteiger partial charge in [-0.05, 0) is 46.6 Å². The van der Waals surface area contributed by atoms with Gasteiger partial charge in [0.2, 0.25) is 0 Å². The Morgan fingerprint density at radius 1 is 1.21 bits per heavy atom. The number of hydrogen-bond donors (Lipinski definition) is 0. The molecule has 0 saturated heterocycles. The van der Waals surface area contributed by atoms with Gasteiger partial charge in [0.15, 0.2) is 12.4 Å². The van der Waals surface area contributed by atoms with Crippen molar-refractivity contribution in [2.75, 3.05) is 0 Å². The first kappa shape index (κ1) is 14.9. The summed E-state index contributed by atoms with van der Waals surface area (Å²) in [5, 5.41) is 1.06. The minimum atomic E-state index is 0. The normalized spacial score (nSPS) is 10.5. The van der Waals surface area contributed by atoms with Gasteiger partial charge in [-0.1, -0.05) is 6.07 Å². The molecule has 0 amide bonds. The predicted octanol–water partition coefficient (Wildman–Crippen LogP) is 0.863. The molecule has 2 aromatic heterocycles. The average Bonchev–Trinajstić information content (AvgIpc) is 2.70. The fourth-order valence-corrected chi connectivity index (χ4v) is 3.56. The summed E-state index contributed by atoms with van der Waals surface area (Å²) >= 11 is 5.26. The SMILES string of the molecule is Cc1ccc2nc(-c3cc(Br)c[n+](C)c3)sc2c1.[I-]. The monoisotopic (exact) mass is 446 g/mol. The molecule has 0 saturated carbocycles. The van der Waals surface area contributed by atoms with E-state index in [-0.39, 0.29) is 24.0 Å². The van der Waals surface area contributed by atoms with Gasteiger partial charge in [0.25, 0.3) is 0 Å². The van der Waals surface area contributed by atoms with Gasteiger partial charge in [0.1, 0.15) is 12.1 Å². The summed E-state index contributed by atoms with van der Waals surface area (Å²) in [7, 11) is 2.02. The Morgan fingerprint density at radius 3 is 2.74 bits per heavy atom. The Labute approximate surface area is 141 Å². The van der Waals surface area contributed by atoms with Crippen molar-refractivity contribution in [2.24, 2.45) is 7.05 Å². The lowest BCUT2D eigenvalue weighted by Gasteiger charge is -1.95. The molecule has 0 aliphatic heterocycles. The van der Waals surface area contributed by atoms with Gasteiger partial charge in [-0.3, -0.25) is 0 Å². The fourth-order valence-electron chi connectivity index (χ4n) is 1.95. The molecular formula is C14H12BrIN2S. The molecule has 0 radical (unpaired) electrons. The van der Waals surface area contributed by atoms with Crippen LogP contribution in [0.2, 0.25) is 0 Å². The number of hydrogen-bond acceptors (Lipinski definition) is 2. The summed E-state index contributed by atoms with van der Waals surface area (Å²) in [5.74, 6) is 0. The first-order chi connectivity index (χ1) is 8.61. The molecule has 0 atom stereocenters. The third-order valence-corrected chi connectivity index (χ3v) is 4.25. The Bertz CT molecular complexity index is 719. The highest BCUT2D eigenvalue weighted by Gasteiger charge is 2.10. The zero-order valence-electron chi connectivity index (χ0n) is 10.5. The van der Waals surface area contributed by atoms with Crippen LogP contribution >= 0.6 is 27.3 Å². The van der Waals surface area contributed by atoms with Crippen LogP contribution in [0, 0.1) is 6.92 Å². The Kier molecular flexibility index (Phi) is 4.58. The third-order valence-electron chi connectivity index (χ3n) is 2.75. The molecule has 2 nitrogen and oxygen atoms in total. The third kappa shape index (κ3) is 3.14. The van der Waals surface area contributed by atoms with Crippen molar-refractivity contribution in [3.05, 3.63) is 46.7 Å². The zero-order valence-corrected chi connectivity index (χ0v) is 15.1. The molecule has 0 unspecified atom stereocenters. The van der Waals surface area contributed by atoms with Crippen LogP contribution in [0.15, 0.2) is 41.1 Å². The molecule has 1 aromatic carbocycles. The maximum atomic E-state index is 4.69. The molecule has 98 valence electrons. The number of pyridine rings is 1. The van der Waals surface area contributed by atoms with Crippen LogP contribution in [-0.2, 0) is 7.05 Å². The highest BCUT2D eigenvalue weighted by molar-refractivity contribution is 9.10. The summed E-state index contributed by atoms with van der Waals surface area (Å²) in [6.07, 6.45) is 4.12. The number of aryl methyl sites for hydroxylation is 2. The summed E-state index contributed by atoms with van der Waals surface area (Å²) in [6, 6.07) is 8.48. The molecule has 0 spiro atoms. The second kappa shape index (κ2) is 5.85. The van der Waals surface area contributed by atoms with Gasteiger partial charge >= 0.3 is 0 Å².